The van der Waals surface area contributed by atoms with Crippen LogP contribution < -0.4 is 10.9 Å². The molecule has 0 saturated heterocycles. The molecule has 2 N–H and O–H groups in total. The highest BCUT2D eigenvalue weighted by Crippen LogP contribution is 2.18. The van der Waals surface area contributed by atoms with Crippen LogP contribution >= 0.6 is 15.9 Å². The number of hydrogen-bond acceptors (Lipinski definition) is 5. The monoisotopic (exact) mass is 355 g/mol. The van der Waals surface area contributed by atoms with E-state index in [2.05, 4.69) is 26.3 Å². The summed E-state index contributed by atoms with van der Waals surface area (Å²) in [5.74, 6) is 0.944. The van der Waals surface area contributed by atoms with Gasteiger partial charge in [-0.1, -0.05) is 0 Å². The Morgan fingerprint density at radius 2 is 2.38 bits per heavy atom. The molecule has 0 aliphatic rings. The molecule has 0 aliphatic carbocycles. The zero-order valence-corrected chi connectivity index (χ0v) is 13.3. The Morgan fingerprint density at radius 3 is 3.05 bits per heavy atom. The fourth-order valence-electron chi connectivity index (χ4n) is 1.97. The van der Waals surface area contributed by atoms with E-state index in [0.717, 1.165) is 18.6 Å². The predicted octanol–water partition coefficient (Wildman–Crippen LogP) is 2.02. The maximum atomic E-state index is 12.0. The van der Waals surface area contributed by atoms with Crippen LogP contribution in [0.3, 0.4) is 0 Å². The van der Waals surface area contributed by atoms with Gasteiger partial charge in [0.2, 0.25) is 0 Å². The number of rotatable bonds is 7. The largest absolute Gasteiger partial charge is 0.469 e. The van der Waals surface area contributed by atoms with Crippen molar-refractivity contribution in [3.63, 3.8) is 0 Å². The van der Waals surface area contributed by atoms with Gasteiger partial charge in [-0.2, -0.15) is 5.10 Å². The maximum Gasteiger partial charge on any atom is 0.283 e. The summed E-state index contributed by atoms with van der Waals surface area (Å²) in [6, 6.07) is 3.98. The Kier molecular flexibility index (Phi) is 5.58. The van der Waals surface area contributed by atoms with Gasteiger partial charge in [0.15, 0.2) is 0 Å². The van der Waals surface area contributed by atoms with E-state index in [-0.39, 0.29) is 24.8 Å². The molecule has 1 atom stereocenters. The zero-order chi connectivity index (χ0) is 15.2. The van der Waals surface area contributed by atoms with E-state index in [9.17, 15) is 4.79 Å². The first kappa shape index (κ1) is 15.8. The Bertz CT molecular complexity index is 625. The summed E-state index contributed by atoms with van der Waals surface area (Å²) in [4.78, 5) is 12.0. The molecule has 0 bridgehead atoms. The topological polar surface area (TPSA) is 80.3 Å². The van der Waals surface area contributed by atoms with E-state index in [4.69, 9.17) is 9.52 Å². The Morgan fingerprint density at radius 1 is 1.57 bits per heavy atom. The second kappa shape index (κ2) is 7.42. The summed E-state index contributed by atoms with van der Waals surface area (Å²) in [7, 11) is 0. The summed E-state index contributed by atoms with van der Waals surface area (Å²) >= 11 is 3.28. The van der Waals surface area contributed by atoms with Gasteiger partial charge in [-0.3, -0.25) is 4.79 Å². The van der Waals surface area contributed by atoms with E-state index >= 15 is 0 Å². The van der Waals surface area contributed by atoms with Crippen LogP contribution in [0.25, 0.3) is 0 Å². The lowest BCUT2D eigenvalue weighted by Crippen LogP contribution is -2.27. The number of aliphatic hydroxyl groups excluding tert-OH is 1. The average molecular weight is 356 g/mol. The second-order valence-electron chi connectivity index (χ2n) is 4.79. The van der Waals surface area contributed by atoms with Crippen molar-refractivity contribution in [1.29, 1.82) is 0 Å². The van der Waals surface area contributed by atoms with E-state index in [1.807, 2.05) is 19.1 Å². The molecule has 0 saturated carbocycles. The summed E-state index contributed by atoms with van der Waals surface area (Å²) in [6.45, 7) is 2.10. The molecule has 6 nitrogen and oxygen atoms in total. The summed E-state index contributed by atoms with van der Waals surface area (Å²) in [5.41, 5.74) is 0.397. The van der Waals surface area contributed by atoms with Gasteiger partial charge < -0.3 is 14.8 Å². The van der Waals surface area contributed by atoms with Gasteiger partial charge in [0.05, 0.1) is 31.3 Å². The van der Waals surface area contributed by atoms with Crippen LogP contribution in [0.5, 0.6) is 0 Å². The predicted molar refractivity (Wildman–Crippen MR) is 83.4 cm³/mol. The van der Waals surface area contributed by atoms with Crippen LogP contribution in [-0.4, -0.2) is 27.5 Å². The third-order valence-corrected chi connectivity index (χ3v) is 3.87. The quantitative estimate of drug-likeness (QED) is 0.794. The summed E-state index contributed by atoms with van der Waals surface area (Å²) < 4.78 is 6.94. The number of furan rings is 1. The van der Waals surface area contributed by atoms with Crippen molar-refractivity contribution in [2.75, 3.05) is 11.9 Å². The molecule has 21 heavy (non-hydrogen) atoms. The second-order valence-corrected chi connectivity index (χ2v) is 5.58. The van der Waals surface area contributed by atoms with Crippen LogP contribution in [0.15, 0.2) is 38.3 Å². The smallest absolute Gasteiger partial charge is 0.283 e. The molecule has 0 aromatic carbocycles. The van der Waals surface area contributed by atoms with E-state index in [1.165, 1.54) is 4.68 Å². The van der Waals surface area contributed by atoms with Crippen molar-refractivity contribution in [3.05, 3.63) is 45.2 Å². The van der Waals surface area contributed by atoms with Gasteiger partial charge in [0, 0.05) is 12.5 Å². The van der Waals surface area contributed by atoms with Crippen LogP contribution in [0.1, 0.15) is 19.1 Å². The minimum atomic E-state index is -0.257. The zero-order valence-electron chi connectivity index (χ0n) is 11.8. The third kappa shape index (κ3) is 4.18. The first-order chi connectivity index (χ1) is 10.1. The molecular weight excluding hydrogens is 338 g/mol. The van der Waals surface area contributed by atoms with Crippen molar-refractivity contribution in [1.82, 2.24) is 9.78 Å². The normalized spacial score (nSPS) is 12.3. The molecule has 0 aliphatic heterocycles. The molecule has 0 amide bonds. The molecule has 0 fully saturated rings. The number of hydrogen-bond donors (Lipinski definition) is 2. The number of halogens is 1. The van der Waals surface area contributed by atoms with E-state index in [0.29, 0.717) is 10.2 Å². The number of anilines is 1. The number of nitrogens with zero attached hydrogens (tertiary/aromatic N) is 2. The number of nitrogens with one attached hydrogen (secondary N) is 1. The lowest BCUT2D eigenvalue weighted by molar-refractivity contribution is 0.266. The molecular formula is C14H18BrN3O3. The van der Waals surface area contributed by atoms with Gasteiger partial charge in [-0.15, -0.1) is 0 Å². The molecule has 7 heteroatoms. The molecule has 0 spiro atoms. The van der Waals surface area contributed by atoms with Gasteiger partial charge in [-0.05, 0) is 41.4 Å². The lowest BCUT2D eigenvalue weighted by atomic mass is 10.1. The van der Waals surface area contributed by atoms with E-state index < -0.39 is 0 Å². The van der Waals surface area contributed by atoms with Gasteiger partial charge in [-0.25, -0.2) is 4.68 Å². The highest BCUT2D eigenvalue weighted by molar-refractivity contribution is 9.10. The van der Waals surface area contributed by atoms with Crippen LogP contribution in [-0.2, 0) is 13.0 Å². The number of aromatic nitrogens is 2. The molecule has 2 rings (SSSR count). The highest BCUT2D eigenvalue weighted by Gasteiger charge is 2.11. The molecule has 2 heterocycles. The Hall–Kier alpha value is -1.60. The Labute approximate surface area is 130 Å². The molecule has 0 radical (unpaired) electrons. The average Bonchev–Trinajstić information content (AvgIpc) is 2.98. The lowest BCUT2D eigenvalue weighted by Gasteiger charge is -2.16. The fourth-order valence-corrected chi connectivity index (χ4v) is 2.39. The third-order valence-electron chi connectivity index (χ3n) is 3.10. The van der Waals surface area contributed by atoms with Gasteiger partial charge in [0.25, 0.3) is 5.56 Å². The first-order valence-electron chi connectivity index (χ1n) is 6.77. The van der Waals surface area contributed by atoms with Gasteiger partial charge >= 0.3 is 0 Å². The molecule has 2 aromatic rings. The van der Waals surface area contributed by atoms with Crippen LogP contribution in [0.2, 0.25) is 0 Å². The van der Waals surface area contributed by atoms with Crippen LogP contribution in [0.4, 0.5) is 5.69 Å². The van der Waals surface area contributed by atoms with E-state index in [1.54, 1.807) is 12.5 Å². The summed E-state index contributed by atoms with van der Waals surface area (Å²) in [6.07, 6.45) is 4.95. The van der Waals surface area contributed by atoms with Crippen molar-refractivity contribution < 1.29 is 9.52 Å². The standard InChI is InChI=1S/C14H18BrN3O3/c1-10(4-5-11-3-2-8-21-11)17-12-9-16-18(6-7-19)14(20)13(12)15/h2-3,8-10,17,19H,4-7H2,1H3. The van der Waals surface area contributed by atoms with Crippen molar-refractivity contribution in [2.45, 2.75) is 32.4 Å². The van der Waals surface area contributed by atoms with Crippen molar-refractivity contribution >= 4 is 21.6 Å². The van der Waals surface area contributed by atoms with Crippen molar-refractivity contribution in [3.8, 4) is 0 Å². The van der Waals surface area contributed by atoms with Gasteiger partial charge in [0.1, 0.15) is 10.2 Å². The molecule has 1 unspecified atom stereocenters. The molecule has 2 aromatic heterocycles. The SMILES string of the molecule is CC(CCc1ccco1)Nc1cnn(CCO)c(=O)c1Br. The number of aryl methyl sites for hydroxylation is 1. The van der Waals surface area contributed by atoms with Crippen LogP contribution in [0, 0.1) is 0 Å². The number of aliphatic hydroxyl groups is 1. The fraction of sp³-hybridized carbons (Fsp3) is 0.429. The Balaban J connectivity index is 1.98. The minimum absolute atomic E-state index is 0.119. The first-order valence-corrected chi connectivity index (χ1v) is 7.56. The highest BCUT2D eigenvalue weighted by atomic mass is 79.9. The molecule has 114 valence electrons. The minimum Gasteiger partial charge on any atom is -0.469 e. The van der Waals surface area contributed by atoms with Crippen molar-refractivity contribution in [2.24, 2.45) is 0 Å². The summed E-state index contributed by atoms with van der Waals surface area (Å²) in [5, 5.41) is 16.2. The maximum absolute atomic E-state index is 12.0.